The van der Waals surface area contributed by atoms with E-state index in [1.54, 1.807) is 13.8 Å². The van der Waals surface area contributed by atoms with E-state index in [1.165, 1.54) is 11.8 Å². The van der Waals surface area contributed by atoms with Crippen LogP contribution in [0.1, 0.15) is 13.8 Å². The topological polar surface area (TPSA) is 97.5 Å². The molecule has 5 nitrogen and oxygen atoms in total. The second-order valence-corrected chi connectivity index (χ2v) is 7.91. The SMILES string of the molecule is CC(C)(SCCS(C)(=O)=O)[C@@H](N)C(=O)O. The summed E-state index contributed by atoms with van der Waals surface area (Å²) in [6.07, 6.45) is 1.15. The molecule has 0 bridgehead atoms. The van der Waals surface area contributed by atoms with Crippen LogP contribution in [0.15, 0.2) is 0 Å². The highest BCUT2D eigenvalue weighted by Crippen LogP contribution is 2.27. The number of hydrogen-bond acceptors (Lipinski definition) is 5. The van der Waals surface area contributed by atoms with Gasteiger partial charge in [0.1, 0.15) is 15.9 Å². The van der Waals surface area contributed by atoms with E-state index in [9.17, 15) is 13.2 Å². The Labute approximate surface area is 94.3 Å². The van der Waals surface area contributed by atoms with Gasteiger partial charge in [0.25, 0.3) is 0 Å². The molecule has 15 heavy (non-hydrogen) atoms. The first-order chi connectivity index (χ1) is 6.56. The third-order valence-electron chi connectivity index (χ3n) is 1.94. The first-order valence-electron chi connectivity index (χ1n) is 4.36. The highest BCUT2D eigenvalue weighted by Gasteiger charge is 2.32. The molecular formula is C8H17NO4S2. The van der Waals surface area contributed by atoms with Gasteiger partial charge >= 0.3 is 5.97 Å². The molecule has 90 valence electrons. The van der Waals surface area contributed by atoms with Crippen LogP contribution < -0.4 is 5.73 Å². The number of nitrogens with two attached hydrogens (primary N) is 1. The smallest absolute Gasteiger partial charge is 0.321 e. The lowest BCUT2D eigenvalue weighted by Gasteiger charge is -2.27. The molecule has 0 aromatic heterocycles. The van der Waals surface area contributed by atoms with Crippen LogP contribution in [0.2, 0.25) is 0 Å². The van der Waals surface area contributed by atoms with Crippen molar-refractivity contribution >= 4 is 27.6 Å². The van der Waals surface area contributed by atoms with E-state index in [0.29, 0.717) is 5.75 Å². The summed E-state index contributed by atoms with van der Waals surface area (Å²) < 4.78 is 21.0. The van der Waals surface area contributed by atoms with E-state index in [0.717, 1.165) is 6.26 Å². The minimum Gasteiger partial charge on any atom is -0.480 e. The summed E-state index contributed by atoms with van der Waals surface area (Å²) in [5.41, 5.74) is 5.47. The van der Waals surface area contributed by atoms with Crippen molar-refractivity contribution < 1.29 is 18.3 Å². The van der Waals surface area contributed by atoms with Gasteiger partial charge in [0.15, 0.2) is 0 Å². The highest BCUT2D eigenvalue weighted by atomic mass is 32.2. The predicted octanol–water partition coefficient (Wildman–Crippen LogP) is -0.0453. The standard InChI is InChI=1S/C8H17NO4S2/c1-8(2,6(9)7(10)11)14-4-5-15(3,12)13/h6H,4-5,9H2,1-3H3,(H,10,11)/t6-/m0/s1. The van der Waals surface area contributed by atoms with Gasteiger partial charge in [-0.2, -0.15) is 11.8 Å². The normalized spacial score (nSPS) is 14.9. The Kier molecular flexibility index (Phi) is 5.08. The fourth-order valence-electron chi connectivity index (χ4n) is 0.843. The van der Waals surface area contributed by atoms with Crippen molar-refractivity contribution in [2.24, 2.45) is 5.73 Å². The molecule has 0 unspecified atom stereocenters. The zero-order valence-electron chi connectivity index (χ0n) is 9.06. The van der Waals surface area contributed by atoms with Gasteiger partial charge in [-0.05, 0) is 13.8 Å². The molecule has 0 aliphatic heterocycles. The Hall–Kier alpha value is -0.270. The van der Waals surface area contributed by atoms with Crippen LogP contribution in [0.5, 0.6) is 0 Å². The van der Waals surface area contributed by atoms with Gasteiger partial charge in [0.2, 0.25) is 0 Å². The Bertz CT molecular complexity index is 324. The Balaban J connectivity index is 4.22. The maximum atomic E-state index is 10.9. The van der Waals surface area contributed by atoms with E-state index < -0.39 is 26.6 Å². The molecule has 0 saturated carbocycles. The van der Waals surface area contributed by atoms with Crippen molar-refractivity contribution in [3.8, 4) is 0 Å². The van der Waals surface area contributed by atoms with Gasteiger partial charge in [0.05, 0.1) is 5.75 Å². The van der Waals surface area contributed by atoms with Crippen LogP contribution in [0, 0.1) is 0 Å². The monoisotopic (exact) mass is 255 g/mol. The molecule has 0 radical (unpaired) electrons. The van der Waals surface area contributed by atoms with Crippen molar-refractivity contribution in [1.82, 2.24) is 0 Å². The molecule has 0 aromatic carbocycles. The number of thioether (sulfide) groups is 1. The Morgan fingerprint density at radius 1 is 1.53 bits per heavy atom. The van der Waals surface area contributed by atoms with Gasteiger partial charge in [-0.3, -0.25) is 4.79 Å². The Morgan fingerprint density at radius 3 is 2.33 bits per heavy atom. The molecule has 0 heterocycles. The minimum absolute atomic E-state index is 0.0352. The third kappa shape index (κ3) is 6.01. The summed E-state index contributed by atoms with van der Waals surface area (Å²) in [5.74, 6) is -0.688. The molecule has 0 aromatic rings. The maximum absolute atomic E-state index is 10.9. The number of carboxylic acid groups (broad SMARTS) is 1. The van der Waals surface area contributed by atoms with Crippen molar-refractivity contribution in [2.75, 3.05) is 17.8 Å². The highest BCUT2D eigenvalue weighted by molar-refractivity contribution is 8.01. The van der Waals surface area contributed by atoms with E-state index in [-0.39, 0.29) is 5.75 Å². The molecule has 1 atom stereocenters. The van der Waals surface area contributed by atoms with Crippen LogP contribution in [0.25, 0.3) is 0 Å². The zero-order chi connectivity index (χ0) is 12.3. The average Bonchev–Trinajstić information content (AvgIpc) is 1.99. The van der Waals surface area contributed by atoms with Crippen molar-refractivity contribution in [3.63, 3.8) is 0 Å². The van der Waals surface area contributed by atoms with Gasteiger partial charge in [0, 0.05) is 16.8 Å². The molecule has 0 aliphatic carbocycles. The van der Waals surface area contributed by atoms with Crippen LogP contribution in [0.3, 0.4) is 0 Å². The van der Waals surface area contributed by atoms with E-state index in [1.807, 2.05) is 0 Å². The maximum Gasteiger partial charge on any atom is 0.321 e. The van der Waals surface area contributed by atoms with Crippen molar-refractivity contribution in [1.29, 1.82) is 0 Å². The van der Waals surface area contributed by atoms with Crippen molar-refractivity contribution in [2.45, 2.75) is 24.6 Å². The summed E-state index contributed by atoms with van der Waals surface area (Å²) in [5, 5.41) is 8.72. The fraction of sp³-hybridized carbons (Fsp3) is 0.875. The molecule has 0 saturated heterocycles. The number of rotatable bonds is 6. The number of hydrogen-bond donors (Lipinski definition) is 2. The fourth-order valence-corrected chi connectivity index (χ4v) is 3.19. The largest absolute Gasteiger partial charge is 0.480 e. The molecular weight excluding hydrogens is 238 g/mol. The van der Waals surface area contributed by atoms with Crippen molar-refractivity contribution in [3.05, 3.63) is 0 Å². The third-order valence-corrected chi connectivity index (χ3v) is 4.55. The molecule has 3 N–H and O–H groups in total. The van der Waals surface area contributed by atoms with E-state index in [4.69, 9.17) is 10.8 Å². The van der Waals surface area contributed by atoms with E-state index in [2.05, 4.69) is 0 Å². The van der Waals surface area contributed by atoms with Crippen LogP contribution in [-0.2, 0) is 14.6 Å². The molecule has 0 aliphatic rings. The molecule has 7 heteroatoms. The molecule has 0 amide bonds. The van der Waals surface area contributed by atoms with E-state index >= 15 is 0 Å². The van der Waals surface area contributed by atoms with Gasteiger partial charge in [-0.25, -0.2) is 8.42 Å². The molecule has 0 rings (SSSR count). The quantitative estimate of drug-likeness (QED) is 0.691. The van der Waals surface area contributed by atoms with Gasteiger partial charge in [-0.1, -0.05) is 0 Å². The predicted molar refractivity (Wildman–Crippen MR) is 61.9 cm³/mol. The average molecular weight is 255 g/mol. The van der Waals surface area contributed by atoms with Crippen LogP contribution >= 0.6 is 11.8 Å². The lowest BCUT2D eigenvalue weighted by Crippen LogP contribution is -2.47. The first kappa shape index (κ1) is 14.7. The summed E-state index contributed by atoms with van der Waals surface area (Å²) in [7, 11) is -3.00. The zero-order valence-corrected chi connectivity index (χ0v) is 10.7. The Morgan fingerprint density at radius 2 is 2.00 bits per heavy atom. The van der Waals surface area contributed by atoms with Gasteiger partial charge in [-0.15, -0.1) is 0 Å². The number of carboxylic acids is 1. The first-order valence-corrected chi connectivity index (χ1v) is 7.41. The number of sulfone groups is 1. The lowest BCUT2D eigenvalue weighted by molar-refractivity contribution is -0.139. The summed E-state index contributed by atoms with van der Waals surface area (Å²) >= 11 is 1.26. The van der Waals surface area contributed by atoms with Gasteiger partial charge < -0.3 is 10.8 Å². The number of aliphatic carboxylic acids is 1. The lowest BCUT2D eigenvalue weighted by atomic mass is 10.1. The summed E-state index contributed by atoms with van der Waals surface area (Å²) in [6, 6.07) is -0.998. The summed E-state index contributed by atoms with van der Waals surface area (Å²) in [4.78, 5) is 10.6. The second kappa shape index (κ2) is 5.18. The second-order valence-electron chi connectivity index (χ2n) is 3.90. The number of carbonyl (C=O) groups is 1. The van der Waals surface area contributed by atoms with Crippen LogP contribution in [0.4, 0.5) is 0 Å². The summed E-state index contributed by atoms with van der Waals surface area (Å²) in [6.45, 7) is 3.39. The van der Waals surface area contributed by atoms with Crippen LogP contribution in [-0.4, -0.2) is 48.0 Å². The minimum atomic E-state index is -3.00. The molecule has 0 fully saturated rings. The molecule has 0 spiro atoms.